The molecule has 2 rings (SSSR count). The molecule has 0 bridgehead atoms. The molecule has 120 valence electrons. The second kappa shape index (κ2) is 8.76. The summed E-state index contributed by atoms with van der Waals surface area (Å²) in [4.78, 5) is 11.6. The molecule has 0 aliphatic carbocycles. The van der Waals surface area contributed by atoms with E-state index in [4.69, 9.17) is 9.84 Å². The third-order valence-electron chi connectivity index (χ3n) is 3.40. The number of carbonyl (C=O) groups excluding carboxylic acids is 1. The highest BCUT2D eigenvalue weighted by Crippen LogP contribution is 2.12. The summed E-state index contributed by atoms with van der Waals surface area (Å²) in [7, 11) is 0. The van der Waals surface area contributed by atoms with Gasteiger partial charge in [0.1, 0.15) is 6.61 Å². The lowest BCUT2D eigenvalue weighted by molar-refractivity contribution is 0.141. The van der Waals surface area contributed by atoms with Crippen LogP contribution in [0.25, 0.3) is 6.08 Å². The smallest absolute Gasteiger partial charge is 0.407 e. The summed E-state index contributed by atoms with van der Waals surface area (Å²) < 4.78 is 5.12. The molecule has 4 nitrogen and oxygen atoms in total. The van der Waals surface area contributed by atoms with Crippen molar-refractivity contribution in [2.24, 2.45) is 0 Å². The van der Waals surface area contributed by atoms with Crippen LogP contribution in [-0.4, -0.2) is 17.7 Å². The van der Waals surface area contributed by atoms with Crippen molar-refractivity contribution in [2.75, 3.05) is 6.54 Å². The molecular formula is C19H21NO3. The Labute approximate surface area is 136 Å². The summed E-state index contributed by atoms with van der Waals surface area (Å²) >= 11 is 0. The molecule has 0 aliphatic heterocycles. The number of benzene rings is 2. The minimum atomic E-state index is -0.445. The summed E-state index contributed by atoms with van der Waals surface area (Å²) in [6.07, 6.45) is 3.33. The van der Waals surface area contributed by atoms with Crippen molar-refractivity contribution in [3.8, 4) is 0 Å². The van der Waals surface area contributed by atoms with Gasteiger partial charge < -0.3 is 15.2 Å². The maximum Gasteiger partial charge on any atom is 0.407 e. The van der Waals surface area contributed by atoms with E-state index in [1.165, 1.54) is 0 Å². The highest BCUT2D eigenvalue weighted by molar-refractivity contribution is 5.67. The number of aliphatic hydroxyl groups excluding tert-OH is 1. The van der Waals surface area contributed by atoms with Gasteiger partial charge in [0.25, 0.3) is 0 Å². The average molecular weight is 311 g/mol. The van der Waals surface area contributed by atoms with Gasteiger partial charge in [-0.15, -0.1) is 0 Å². The normalized spacial score (nSPS) is 10.7. The van der Waals surface area contributed by atoms with Gasteiger partial charge in [-0.1, -0.05) is 54.6 Å². The Kier molecular flexibility index (Phi) is 6.39. The largest absolute Gasteiger partial charge is 0.445 e. The lowest BCUT2D eigenvalue weighted by Gasteiger charge is -2.06. The zero-order valence-corrected chi connectivity index (χ0v) is 13.2. The van der Waals surface area contributed by atoms with E-state index in [1.54, 1.807) is 0 Å². The zero-order valence-electron chi connectivity index (χ0n) is 13.2. The van der Waals surface area contributed by atoms with E-state index in [1.807, 2.05) is 67.6 Å². The number of hydrogen-bond donors (Lipinski definition) is 2. The predicted molar refractivity (Wildman–Crippen MR) is 90.8 cm³/mol. The monoisotopic (exact) mass is 311 g/mol. The molecule has 0 saturated heterocycles. The number of carbonyl (C=O) groups is 1. The maximum absolute atomic E-state index is 11.6. The fourth-order valence-corrected chi connectivity index (χ4v) is 2.07. The predicted octanol–water partition coefficient (Wildman–Crippen LogP) is 3.43. The Bertz CT molecular complexity index is 666. The third-order valence-corrected chi connectivity index (χ3v) is 3.40. The van der Waals surface area contributed by atoms with Crippen LogP contribution in [0.3, 0.4) is 0 Å². The number of aryl methyl sites for hydroxylation is 1. The topological polar surface area (TPSA) is 58.6 Å². The number of nitrogens with one attached hydrogen (secondary N) is 1. The minimum absolute atomic E-state index is 0.0190. The molecule has 0 aliphatic rings. The lowest BCUT2D eigenvalue weighted by Crippen LogP contribution is -2.24. The summed E-state index contributed by atoms with van der Waals surface area (Å²) in [6, 6.07) is 15.3. The van der Waals surface area contributed by atoms with E-state index >= 15 is 0 Å². The molecule has 23 heavy (non-hydrogen) atoms. The molecule has 0 aromatic heterocycles. The van der Waals surface area contributed by atoms with E-state index in [2.05, 4.69) is 5.32 Å². The number of hydrogen-bond acceptors (Lipinski definition) is 3. The van der Waals surface area contributed by atoms with Gasteiger partial charge in [-0.05, 0) is 35.2 Å². The second-order valence-electron chi connectivity index (χ2n) is 5.19. The van der Waals surface area contributed by atoms with Crippen LogP contribution in [-0.2, 0) is 18.0 Å². The highest BCUT2D eigenvalue weighted by atomic mass is 16.5. The Morgan fingerprint density at radius 2 is 1.96 bits per heavy atom. The van der Waals surface area contributed by atoms with Crippen molar-refractivity contribution in [1.29, 1.82) is 0 Å². The van der Waals surface area contributed by atoms with Crippen LogP contribution in [0, 0.1) is 6.92 Å². The summed E-state index contributed by atoms with van der Waals surface area (Å²) in [5.41, 5.74) is 3.96. The van der Waals surface area contributed by atoms with E-state index in [9.17, 15) is 4.79 Å². The van der Waals surface area contributed by atoms with Crippen molar-refractivity contribution in [2.45, 2.75) is 20.1 Å². The van der Waals surface area contributed by atoms with E-state index in [0.717, 1.165) is 22.3 Å². The number of rotatable bonds is 6. The first-order valence-corrected chi connectivity index (χ1v) is 7.50. The highest BCUT2D eigenvalue weighted by Gasteiger charge is 2.00. The molecule has 4 heteroatoms. The number of alkyl carbamates (subject to hydrolysis) is 1. The molecule has 2 N–H and O–H groups in total. The van der Waals surface area contributed by atoms with Crippen LogP contribution in [0.4, 0.5) is 4.79 Å². The molecule has 0 saturated carbocycles. The van der Waals surface area contributed by atoms with E-state index in [0.29, 0.717) is 6.54 Å². The molecule has 0 fully saturated rings. The van der Waals surface area contributed by atoms with Gasteiger partial charge in [-0.3, -0.25) is 0 Å². The van der Waals surface area contributed by atoms with Crippen molar-refractivity contribution in [3.63, 3.8) is 0 Å². The van der Waals surface area contributed by atoms with Crippen LogP contribution in [0.15, 0.2) is 54.6 Å². The van der Waals surface area contributed by atoms with Crippen LogP contribution in [0.2, 0.25) is 0 Å². The summed E-state index contributed by atoms with van der Waals surface area (Å²) in [5, 5.41) is 11.8. The number of ether oxygens (including phenoxy) is 1. The first-order chi connectivity index (χ1) is 11.2. The van der Waals surface area contributed by atoms with Crippen molar-refractivity contribution < 1.29 is 14.6 Å². The van der Waals surface area contributed by atoms with Gasteiger partial charge in [0.15, 0.2) is 0 Å². The van der Waals surface area contributed by atoms with E-state index in [-0.39, 0.29) is 13.2 Å². The standard InChI is InChI=1S/C19H21NO3/c1-15-9-10-17(13-21)12-18(15)8-5-11-20-19(22)23-14-16-6-3-2-4-7-16/h2-10,12,21H,11,13-14H2,1H3,(H,20,22). The van der Waals surface area contributed by atoms with Gasteiger partial charge in [0, 0.05) is 6.54 Å². The van der Waals surface area contributed by atoms with Crippen LogP contribution >= 0.6 is 0 Å². The number of amides is 1. The fraction of sp³-hybridized carbons (Fsp3) is 0.211. The molecule has 2 aromatic carbocycles. The van der Waals surface area contributed by atoms with Gasteiger partial charge >= 0.3 is 6.09 Å². The van der Waals surface area contributed by atoms with E-state index < -0.39 is 6.09 Å². The van der Waals surface area contributed by atoms with Gasteiger partial charge in [-0.25, -0.2) is 4.79 Å². The first kappa shape index (κ1) is 16.8. The quantitative estimate of drug-likeness (QED) is 0.859. The van der Waals surface area contributed by atoms with Gasteiger partial charge in [0.05, 0.1) is 6.61 Å². The minimum Gasteiger partial charge on any atom is -0.445 e. The molecule has 1 amide bonds. The van der Waals surface area contributed by atoms with Gasteiger partial charge in [0.2, 0.25) is 0 Å². The maximum atomic E-state index is 11.6. The Balaban J connectivity index is 1.77. The van der Waals surface area contributed by atoms with Crippen LogP contribution < -0.4 is 5.32 Å². The first-order valence-electron chi connectivity index (χ1n) is 7.50. The molecule has 0 spiro atoms. The van der Waals surface area contributed by atoms with Crippen molar-refractivity contribution in [3.05, 3.63) is 76.9 Å². The average Bonchev–Trinajstić information content (AvgIpc) is 2.59. The Morgan fingerprint density at radius 1 is 1.17 bits per heavy atom. The Morgan fingerprint density at radius 3 is 2.70 bits per heavy atom. The third kappa shape index (κ3) is 5.60. The Hall–Kier alpha value is -2.59. The van der Waals surface area contributed by atoms with Crippen LogP contribution in [0.5, 0.6) is 0 Å². The van der Waals surface area contributed by atoms with Crippen molar-refractivity contribution in [1.82, 2.24) is 5.32 Å². The SMILES string of the molecule is Cc1ccc(CO)cc1C=CCNC(=O)OCc1ccccc1. The second-order valence-corrected chi connectivity index (χ2v) is 5.19. The molecule has 2 aromatic rings. The molecule has 0 unspecified atom stereocenters. The molecule has 0 atom stereocenters. The molecular weight excluding hydrogens is 290 g/mol. The van der Waals surface area contributed by atoms with Crippen LogP contribution in [0.1, 0.15) is 22.3 Å². The molecule has 0 radical (unpaired) electrons. The fourth-order valence-electron chi connectivity index (χ4n) is 2.07. The lowest BCUT2D eigenvalue weighted by atomic mass is 10.0. The van der Waals surface area contributed by atoms with Crippen molar-refractivity contribution >= 4 is 12.2 Å². The zero-order chi connectivity index (χ0) is 16.5. The summed E-state index contributed by atoms with van der Waals surface area (Å²) in [6.45, 7) is 2.66. The number of aliphatic hydroxyl groups is 1. The molecule has 0 heterocycles. The van der Waals surface area contributed by atoms with Gasteiger partial charge in [-0.2, -0.15) is 0 Å². The summed E-state index contributed by atoms with van der Waals surface area (Å²) in [5.74, 6) is 0.